The van der Waals surface area contributed by atoms with Crippen LogP contribution in [0.15, 0.2) is 6.07 Å². The van der Waals surface area contributed by atoms with Crippen molar-refractivity contribution < 1.29 is 27.5 Å². The van der Waals surface area contributed by atoms with Crippen molar-refractivity contribution in [1.82, 2.24) is 9.88 Å². The zero-order valence-electron chi connectivity index (χ0n) is 15.4. The second-order valence-electron chi connectivity index (χ2n) is 6.69. The molecule has 0 saturated carbocycles. The van der Waals surface area contributed by atoms with Gasteiger partial charge in [-0.15, -0.1) is 11.3 Å². The largest absolute Gasteiger partial charge is 0.466 e. The number of fused-ring (bicyclic) bond motifs is 1. The maximum atomic E-state index is 13.0. The van der Waals surface area contributed by atoms with Gasteiger partial charge < -0.3 is 15.4 Å². The average Bonchev–Trinajstić information content (AvgIpc) is 2.98. The van der Waals surface area contributed by atoms with Gasteiger partial charge >= 0.3 is 12.1 Å². The van der Waals surface area contributed by atoms with Gasteiger partial charge in [0.05, 0.1) is 18.2 Å². The molecule has 28 heavy (non-hydrogen) atoms. The van der Waals surface area contributed by atoms with Crippen LogP contribution in [0.25, 0.3) is 10.2 Å². The summed E-state index contributed by atoms with van der Waals surface area (Å²) in [6.45, 7) is 4.13. The van der Waals surface area contributed by atoms with Crippen molar-refractivity contribution in [2.45, 2.75) is 32.9 Å². The fraction of sp³-hybridized carbons (Fsp3) is 0.500. The zero-order valence-corrected chi connectivity index (χ0v) is 16.2. The van der Waals surface area contributed by atoms with Crippen LogP contribution in [0.3, 0.4) is 0 Å². The summed E-state index contributed by atoms with van der Waals surface area (Å²) in [5.74, 6) is -1.16. The minimum atomic E-state index is -4.58. The number of nitrogen functional groups attached to an aromatic ring is 1. The number of nitrogens with zero attached hydrogens (tertiary/aromatic N) is 2. The number of carbonyl (C=O) groups is 2. The highest BCUT2D eigenvalue weighted by Gasteiger charge is 2.35. The van der Waals surface area contributed by atoms with Crippen molar-refractivity contribution >= 4 is 39.1 Å². The number of ether oxygens (including phenoxy) is 1. The van der Waals surface area contributed by atoms with E-state index in [1.54, 1.807) is 6.92 Å². The molecule has 3 rings (SSSR count). The molecule has 0 unspecified atom stereocenters. The summed E-state index contributed by atoms with van der Waals surface area (Å²) in [6.07, 6.45) is -3.32. The second-order valence-corrected chi connectivity index (χ2v) is 7.69. The minimum absolute atomic E-state index is 0.0760. The Morgan fingerprint density at radius 1 is 1.43 bits per heavy atom. The lowest BCUT2D eigenvalue weighted by Gasteiger charge is -2.31. The SMILES string of the molecule is CCOC(=O)[C@@H]1CCCN(C(=O)c2sc3nc(C(F)(F)F)cc(C)c3c2N)C1. The Hall–Kier alpha value is -2.36. The Bertz CT molecular complexity index is 926. The molecule has 0 spiro atoms. The number of amides is 1. The first-order valence-corrected chi connectivity index (χ1v) is 9.67. The van der Waals surface area contributed by atoms with E-state index in [1.807, 2.05) is 0 Å². The van der Waals surface area contributed by atoms with Crippen LogP contribution in [0.5, 0.6) is 0 Å². The zero-order chi connectivity index (χ0) is 20.6. The number of alkyl halides is 3. The third-order valence-electron chi connectivity index (χ3n) is 4.71. The number of anilines is 1. The van der Waals surface area contributed by atoms with Gasteiger partial charge in [-0.05, 0) is 38.3 Å². The summed E-state index contributed by atoms with van der Waals surface area (Å²) in [4.78, 5) is 30.3. The Labute approximate surface area is 163 Å². The topological polar surface area (TPSA) is 85.5 Å². The van der Waals surface area contributed by atoms with Crippen LogP contribution in [0.1, 0.15) is 40.7 Å². The highest BCUT2D eigenvalue weighted by molar-refractivity contribution is 7.21. The van der Waals surface area contributed by atoms with E-state index in [-0.39, 0.29) is 34.5 Å². The molecule has 1 aliphatic heterocycles. The number of aromatic nitrogens is 1. The fourth-order valence-corrected chi connectivity index (χ4v) is 4.51. The number of piperidine rings is 1. The summed E-state index contributed by atoms with van der Waals surface area (Å²) in [6, 6.07) is 0.928. The van der Waals surface area contributed by atoms with Crippen LogP contribution in [0.2, 0.25) is 0 Å². The van der Waals surface area contributed by atoms with Gasteiger partial charge in [0, 0.05) is 18.5 Å². The van der Waals surface area contributed by atoms with Crippen LogP contribution in [0.4, 0.5) is 18.9 Å². The van der Waals surface area contributed by atoms with Gasteiger partial charge in [0.2, 0.25) is 0 Å². The van der Waals surface area contributed by atoms with Crippen LogP contribution in [-0.4, -0.2) is 41.5 Å². The van der Waals surface area contributed by atoms with Crippen molar-refractivity contribution in [2.24, 2.45) is 5.92 Å². The van der Waals surface area contributed by atoms with E-state index < -0.39 is 23.7 Å². The number of halogens is 3. The van der Waals surface area contributed by atoms with Crippen molar-refractivity contribution in [3.05, 3.63) is 22.2 Å². The fourth-order valence-electron chi connectivity index (χ4n) is 3.37. The lowest BCUT2D eigenvalue weighted by atomic mass is 9.98. The number of rotatable bonds is 3. The Morgan fingerprint density at radius 2 is 2.14 bits per heavy atom. The molecule has 6 nitrogen and oxygen atoms in total. The molecule has 1 atom stereocenters. The molecule has 1 amide bonds. The predicted molar refractivity (Wildman–Crippen MR) is 99.0 cm³/mol. The maximum absolute atomic E-state index is 13.0. The normalized spacial score (nSPS) is 17.8. The van der Waals surface area contributed by atoms with Gasteiger partial charge in [0.1, 0.15) is 15.4 Å². The third kappa shape index (κ3) is 3.78. The molecule has 2 aromatic heterocycles. The van der Waals surface area contributed by atoms with E-state index in [9.17, 15) is 22.8 Å². The monoisotopic (exact) mass is 415 g/mol. The number of pyridine rings is 1. The summed E-state index contributed by atoms with van der Waals surface area (Å²) in [5.41, 5.74) is 5.52. The highest BCUT2D eigenvalue weighted by Crippen LogP contribution is 2.39. The quantitative estimate of drug-likeness (QED) is 0.774. The maximum Gasteiger partial charge on any atom is 0.433 e. The van der Waals surface area contributed by atoms with Crippen molar-refractivity contribution in [3.63, 3.8) is 0 Å². The molecular weight excluding hydrogens is 395 g/mol. The molecule has 0 aromatic carbocycles. The summed E-state index contributed by atoms with van der Waals surface area (Å²) < 4.78 is 44.1. The molecule has 1 aliphatic rings. The van der Waals surface area contributed by atoms with Crippen LogP contribution < -0.4 is 5.73 Å². The number of carbonyl (C=O) groups excluding carboxylic acids is 2. The van der Waals surface area contributed by atoms with E-state index >= 15 is 0 Å². The van der Waals surface area contributed by atoms with Gasteiger partial charge in [-0.25, -0.2) is 4.98 Å². The highest BCUT2D eigenvalue weighted by atomic mass is 32.1. The van der Waals surface area contributed by atoms with E-state index in [0.717, 1.165) is 17.4 Å². The number of nitrogens with two attached hydrogens (primary N) is 1. The molecule has 1 saturated heterocycles. The number of hydrogen-bond donors (Lipinski definition) is 1. The molecule has 0 radical (unpaired) electrons. The summed E-state index contributed by atoms with van der Waals surface area (Å²) >= 11 is 0.846. The molecular formula is C18H20F3N3O3S. The molecule has 2 N–H and O–H groups in total. The minimum Gasteiger partial charge on any atom is -0.466 e. The number of aryl methyl sites for hydroxylation is 1. The van der Waals surface area contributed by atoms with Crippen LogP contribution >= 0.6 is 11.3 Å². The van der Waals surface area contributed by atoms with Gasteiger partial charge in [0.15, 0.2) is 0 Å². The number of hydrogen-bond acceptors (Lipinski definition) is 6. The smallest absolute Gasteiger partial charge is 0.433 e. The lowest BCUT2D eigenvalue weighted by Crippen LogP contribution is -2.42. The Balaban J connectivity index is 1.92. The molecule has 0 aliphatic carbocycles. The summed E-state index contributed by atoms with van der Waals surface area (Å²) in [7, 11) is 0. The number of likely N-dealkylation sites (tertiary alicyclic amines) is 1. The average molecular weight is 415 g/mol. The lowest BCUT2D eigenvalue weighted by molar-refractivity contribution is -0.149. The van der Waals surface area contributed by atoms with Crippen molar-refractivity contribution in [2.75, 3.05) is 25.4 Å². The van der Waals surface area contributed by atoms with E-state index in [2.05, 4.69) is 4.98 Å². The molecule has 152 valence electrons. The predicted octanol–water partition coefficient (Wildman–Crippen LogP) is 3.62. The second kappa shape index (κ2) is 7.57. The first kappa shape index (κ1) is 20.4. The first-order valence-electron chi connectivity index (χ1n) is 8.86. The van der Waals surface area contributed by atoms with Crippen LogP contribution in [-0.2, 0) is 15.7 Å². The summed E-state index contributed by atoms with van der Waals surface area (Å²) in [5, 5.41) is 0.361. The molecule has 2 aromatic rings. The van der Waals surface area contributed by atoms with E-state index in [4.69, 9.17) is 10.5 Å². The first-order chi connectivity index (χ1) is 13.1. The van der Waals surface area contributed by atoms with E-state index in [1.165, 1.54) is 11.8 Å². The molecule has 1 fully saturated rings. The van der Waals surface area contributed by atoms with Gasteiger partial charge in [0.25, 0.3) is 5.91 Å². The van der Waals surface area contributed by atoms with Gasteiger partial charge in [-0.3, -0.25) is 9.59 Å². The third-order valence-corrected chi connectivity index (χ3v) is 5.80. The van der Waals surface area contributed by atoms with Crippen molar-refractivity contribution in [3.8, 4) is 0 Å². The van der Waals surface area contributed by atoms with Crippen LogP contribution in [0, 0.1) is 12.8 Å². The Kier molecular flexibility index (Phi) is 5.51. The van der Waals surface area contributed by atoms with Gasteiger partial charge in [-0.1, -0.05) is 0 Å². The standard InChI is InChI=1S/C18H20F3N3O3S/c1-3-27-17(26)10-5-4-6-24(8-10)16(25)14-13(22)12-9(2)7-11(18(19,20)21)23-15(12)28-14/h7,10H,3-6,8,22H2,1-2H3/t10-/m1/s1. The van der Waals surface area contributed by atoms with Gasteiger partial charge in [-0.2, -0.15) is 13.2 Å². The Morgan fingerprint density at radius 3 is 2.79 bits per heavy atom. The molecule has 0 bridgehead atoms. The molecule has 10 heteroatoms. The van der Waals surface area contributed by atoms with E-state index in [0.29, 0.717) is 30.3 Å². The number of thiophene rings is 1. The molecule has 3 heterocycles. The van der Waals surface area contributed by atoms with Crippen molar-refractivity contribution in [1.29, 1.82) is 0 Å². The number of esters is 1.